The second kappa shape index (κ2) is 8.11. The smallest absolute Gasteiger partial charge is 0.251 e. The third-order valence-corrected chi connectivity index (χ3v) is 6.86. The van der Waals surface area contributed by atoms with E-state index in [4.69, 9.17) is 0 Å². The van der Waals surface area contributed by atoms with Gasteiger partial charge in [0, 0.05) is 24.7 Å². The van der Waals surface area contributed by atoms with Crippen LogP contribution in [0.2, 0.25) is 0 Å². The third-order valence-electron chi connectivity index (χ3n) is 6.86. The number of carbonyl (C=O) groups is 2. The van der Waals surface area contributed by atoms with Gasteiger partial charge in [-0.2, -0.15) is 0 Å². The Bertz CT molecular complexity index is 936. The van der Waals surface area contributed by atoms with Crippen molar-refractivity contribution in [3.63, 3.8) is 0 Å². The van der Waals surface area contributed by atoms with Crippen molar-refractivity contribution < 1.29 is 9.59 Å². The molecule has 1 heterocycles. The molecule has 1 saturated heterocycles. The Morgan fingerprint density at radius 3 is 2.76 bits per heavy atom. The summed E-state index contributed by atoms with van der Waals surface area (Å²) < 4.78 is 0. The fourth-order valence-corrected chi connectivity index (χ4v) is 5.12. The second-order valence-corrected chi connectivity index (χ2v) is 8.43. The minimum atomic E-state index is -0.373. The Morgan fingerprint density at radius 1 is 1.14 bits per heavy atom. The number of nitrogens with zero attached hydrogens (tertiary/aromatic N) is 1. The van der Waals surface area contributed by atoms with Gasteiger partial charge < -0.3 is 5.32 Å². The first-order valence-electron chi connectivity index (χ1n) is 10.7. The average Bonchev–Trinajstić information content (AvgIpc) is 2.76. The van der Waals surface area contributed by atoms with Gasteiger partial charge in [0.15, 0.2) is 5.78 Å². The Kier molecular flexibility index (Phi) is 5.55. The zero-order valence-electron chi connectivity index (χ0n) is 17.5. The number of ketones is 1. The summed E-state index contributed by atoms with van der Waals surface area (Å²) in [7, 11) is 1.64. The zero-order valence-corrected chi connectivity index (χ0v) is 17.5. The number of piperidine rings is 1. The van der Waals surface area contributed by atoms with Crippen LogP contribution >= 0.6 is 0 Å². The van der Waals surface area contributed by atoms with Crippen molar-refractivity contribution in [1.29, 1.82) is 0 Å². The van der Waals surface area contributed by atoms with Crippen molar-refractivity contribution in [3.8, 4) is 0 Å². The van der Waals surface area contributed by atoms with Crippen LogP contribution in [0.4, 0.5) is 0 Å². The number of nitrogens with one attached hydrogen (secondary N) is 1. The van der Waals surface area contributed by atoms with Crippen LogP contribution in [0, 0.1) is 6.92 Å². The highest BCUT2D eigenvalue weighted by molar-refractivity contribution is 6.06. The maximum atomic E-state index is 13.7. The highest BCUT2D eigenvalue weighted by atomic mass is 16.1. The molecule has 0 aromatic heterocycles. The van der Waals surface area contributed by atoms with Gasteiger partial charge in [-0.15, -0.1) is 0 Å². The Morgan fingerprint density at radius 2 is 1.97 bits per heavy atom. The van der Waals surface area contributed by atoms with Crippen LogP contribution in [-0.4, -0.2) is 42.3 Å². The van der Waals surface area contributed by atoms with Gasteiger partial charge in [0.1, 0.15) is 0 Å². The van der Waals surface area contributed by atoms with Gasteiger partial charge >= 0.3 is 0 Å². The van der Waals surface area contributed by atoms with Crippen molar-refractivity contribution in [3.05, 3.63) is 70.3 Å². The predicted molar refractivity (Wildman–Crippen MR) is 116 cm³/mol. The number of amides is 1. The molecule has 1 aliphatic carbocycles. The van der Waals surface area contributed by atoms with E-state index in [2.05, 4.69) is 41.4 Å². The minimum absolute atomic E-state index is 0.0990. The first-order chi connectivity index (χ1) is 14.0. The highest BCUT2D eigenvalue weighted by Gasteiger charge is 2.47. The summed E-state index contributed by atoms with van der Waals surface area (Å²) in [4.78, 5) is 28.1. The number of benzene rings is 2. The van der Waals surface area contributed by atoms with Gasteiger partial charge in [-0.25, -0.2) is 0 Å². The summed E-state index contributed by atoms with van der Waals surface area (Å²) in [5, 5.41) is 2.67. The predicted octanol–water partition coefficient (Wildman–Crippen LogP) is 3.95. The van der Waals surface area contributed by atoms with E-state index in [1.807, 2.05) is 12.1 Å². The minimum Gasteiger partial charge on any atom is -0.355 e. The molecule has 4 heteroatoms. The summed E-state index contributed by atoms with van der Waals surface area (Å²) in [6.45, 7) is 4.07. The van der Waals surface area contributed by atoms with Crippen LogP contribution in [-0.2, 0) is 12.8 Å². The lowest BCUT2D eigenvalue weighted by atomic mass is 9.71. The fraction of sp³-hybridized carbons (Fsp3) is 0.440. The van der Waals surface area contributed by atoms with Crippen molar-refractivity contribution >= 4 is 11.7 Å². The molecule has 0 saturated carbocycles. The van der Waals surface area contributed by atoms with Crippen molar-refractivity contribution in [2.24, 2.45) is 0 Å². The van der Waals surface area contributed by atoms with E-state index in [0.717, 1.165) is 62.7 Å². The van der Waals surface area contributed by atoms with E-state index < -0.39 is 0 Å². The summed E-state index contributed by atoms with van der Waals surface area (Å²) in [5.74, 6) is 0.157. The van der Waals surface area contributed by atoms with Crippen molar-refractivity contribution in [2.45, 2.75) is 51.0 Å². The average molecular weight is 391 g/mol. The maximum Gasteiger partial charge on any atom is 0.251 e. The topological polar surface area (TPSA) is 49.4 Å². The molecule has 4 nitrogen and oxygen atoms in total. The van der Waals surface area contributed by atoms with Gasteiger partial charge in [-0.1, -0.05) is 30.3 Å². The van der Waals surface area contributed by atoms with E-state index >= 15 is 0 Å². The molecular formula is C25H30N2O2. The number of aryl methyl sites for hydroxylation is 2. The molecule has 1 spiro atoms. The third kappa shape index (κ3) is 3.62. The van der Waals surface area contributed by atoms with Gasteiger partial charge in [0.05, 0.1) is 5.54 Å². The molecule has 2 aromatic rings. The second-order valence-electron chi connectivity index (χ2n) is 8.43. The van der Waals surface area contributed by atoms with Crippen LogP contribution in [0.15, 0.2) is 42.5 Å². The first-order valence-corrected chi connectivity index (χ1v) is 10.7. The van der Waals surface area contributed by atoms with E-state index in [1.165, 1.54) is 11.1 Å². The number of hydrogen-bond acceptors (Lipinski definition) is 3. The quantitative estimate of drug-likeness (QED) is 0.860. The summed E-state index contributed by atoms with van der Waals surface area (Å²) in [6, 6.07) is 14.1. The lowest BCUT2D eigenvalue weighted by Crippen LogP contribution is -2.59. The molecular weight excluding hydrogens is 360 g/mol. The molecule has 2 aliphatic rings. The zero-order chi connectivity index (χ0) is 20.4. The van der Waals surface area contributed by atoms with Crippen molar-refractivity contribution in [1.82, 2.24) is 10.2 Å². The van der Waals surface area contributed by atoms with Gasteiger partial charge in [-0.05, 0) is 80.8 Å². The number of hydrogen-bond donors (Lipinski definition) is 1. The molecule has 1 amide bonds. The van der Waals surface area contributed by atoms with Gasteiger partial charge in [0.2, 0.25) is 0 Å². The lowest BCUT2D eigenvalue weighted by molar-refractivity contribution is 0.0298. The number of likely N-dealkylation sites (tertiary alicyclic amines) is 1. The van der Waals surface area contributed by atoms with Crippen LogP contribution in [0.3, 0.4) is 0 Å². The maximum absolute atomic E-state index is 13.7. The van der Waals surface area contributed by atoms with Gasteiger partial charge in [0.25, 0.3) is 5.91 Å². The number of Topliss-reactive ketones (excluding diaryl/α,β-unsaturated/α-hetero) is 1. The molecule has 2 aromatic carbocycles. The standard InChI is InChI=1S/C25H30N2O2/c1-18-7-3-4-8-19(18)12-16-27-15-6-5-13-25(27)14-11-20-17-21(24(29)26-2)9-10-22(20)23(25)28/h3-4,7-10,17H,5-6,11-16H2,1-2H3,(H,26,29). The summed E-state index contributed by atoms with van der Waals surface area (Å²) in [5.41, 5.74) is 4.78. The molecule has 29 heavy (non-hydrogen) atoms. The normalized spacial score (nSPS) is 21.8. The molecule has 4 rings (SSSR count). The van der Waals surface area contributed by atoms with Crippen LogP contribution in [0.1, 0.15) is 63.1 Å². The fourth-order valence-electron chi connectivity index (χ4n) is 5.12. The molecule has 0 bridgehead atoms. The number of fused-ring (bicyclic) bond motifs is 1. The molecule has 1 N–H and O–H groups in total. The number of carbonyl (C=O) groups excluding carboxylic acids is 2. The van der Waals surface area contributed by atoms with Gasteiger partial charge in [-0.3, -0.25) is 14.5 Å². The Labute approximate surface area is 173 Å². The van der Waals surface area contributed by atoms with Crippen LogP contribution in [0.5, 0.6) is 0 Å². The Hall–Kier alpha value is -2.46. The number of rotatable bonds is 4. The van der Waals surface area contributed by atoms with E-state index in [9.17, 15) is 9.59 Å². The molecule has 1 aliphatic heterocycles. The summed E-state index contributed by atoms with van der Waals surface area (Å²) in [6.07, 6.45) is 5.89. The molecule has 1 fully saturated rings. The van der Waals surface area contributed by atoms with Crippen molar-refractivity contribution in [2.75, 3.05) is 20.1 Å². The van der Waals surface area contributed by atoms with E-state index in [-0.39, 0.29) is 17.2 Å². The molecule has 0 radical (unpaired) electrons. The molecule has 1 atom stereocenters. The largest absolute Gasteiger partial charge is 0.355 e. The SMILES string of the molecule is CNC(=O)c1ccc2c(c1)CCC1(CCCCN1CCc1ccccc1C)C2=O. The van der Waals surface area contributed by atoms with E-state index in [0.29, 0.717) is 5.56 Å². The van der Waals surface area contributed by atoms with Crippen LogP contribution in [0.25, 0.3) is 0 Å². The summed E-state index contributed by atoms with van der Waals surface area (Å²) >= 11 is 0. The lowest BCUT2D eigenvalue weighted by Gasteiger charge is -2.48. The highest BCUT2D eigenvalue weighted by Crippen LogP contribution is 2.40. The van der Waals surface area contributed by atoms with E-state index in [1.54, 1.807) is 13.1 Å². The molecule has 1 unspecified atom stereocenters. The monoisotopic (exact) mass is 390 g/mol. The van der Waals surface area contributed by atoms with Crippen LogP contribution < -0.4 is 5.32 Å². The Balaban J connectivity index is 1.59. The first kappa shape index (κ1) is 19.8. The molecule has 152 valence electrons.